The number of hydrogen-bond donors (Lipinski definition) is 3. The Hall–Kier alpha value is -1.56. The maximum atomic E-state index is 11.7. The number of aryl methyl sites for hydroxylation is 2. The van der Waals surface area contributed by atoms with Crippen molar-refractivity contribution in [2.24, 2.45) is 10.9 Å². The molecule has 0 aromatic carbocycles. The monoisotopic (exact) mass is 239 g/mol. The van der Waals surface area contributed by atoms with Crippen molar-refractivity contribution in [3.05, 3.63) is 21.4 Å². The molecule has 0 aliphatic heterocycles. The molecular weight excluding hydrogens is 226 g/mol. The van der Waals surface area contributed by atoms with Crippen LogP contribution in [0, 0.1) is 0 Å². The number of thiophene rings is 1. The van der Waals surface area contributed by atoms with Gasteiger partial charge >= 0.3 is 0 Å². The van der Waals surface area contributed by atoms with E-state index in [2.05, 4.69) is 10.5 Å². The van der Waals surface area contributed by atoms with Crippen molar-refractivity contribution < 1.29 is 10.0 Å². The lowest BCUT2D eigenvalue weighted by Crippen LogP contribution is -2.33. The van der Waals surface area contributed by atoms with Gasteiger partial charge in [0.05, 0.1) is 11.4 Å². The number of hydrogen-bond acceptors (Lipinski definition) is 4. The van der Waals surface area contributed by atoms with E-state index in [-0.39, 0.29) is 18.3 Å². The van der Waals surface area contributed by atoms with Crippen LogP contribution in [0.2, 0.25) is 0 Å². The first kappa shape index (κ1) is 10.9. The fourth-order valence-corrected chi connectivity index (χ4v) is 2.90. The summed E-state index contributed by atoms with van der Waals surface area (Å²) in [6.07, 6.45) is 3.33. The minimum Gasteiger partial charge on any atom is -0.409 e. The predicted molar refractivity (Wildman–Crippen MR) is 62.1 cm³/mol. The highest BCUT2D eigenvalue weighted by atomic mass is 32.1. The topological polar surface area (TPSA) is 87.7 Å². The first-order chi connectivity index (χ1) is 7.70. The zero-order chi connectivity index (χ0) is 11.5. The van der Waals surface area contributed by atoms with Crippen LogP contribution >= 0.6 is 11.3 Å². The Morgan fingerprint density at radius 3 is 3.12 bits per heavy atom. The van der Waals surface area contributed by atoms with Gasteiger partial charge in [0, 0.05) is 4.88 Å². The number of nitrogens with one attached hydrogen (secondary N) is 1. The summed E-state index contributed by atoms with van der Waals surface area (Å²) < 4.78 is 0. The molecule has 0 atom stereocenters. The first-order valence-electron chi connectivity index (χ1n) is 5.07. The van der Waals surface area contributed by atoms with Crippen molar-refractivity contribution in [3.8, 4) is 0 Å². The van der Waals surface area contributed by atoms with Crippen LogP contribution in [0.4, 0.5) is 0 Å². The molecule has 0 saturated heterocycles. The van der Waals surface area contributed by atoms with Crippen molar-refractivity contribution >= 4 is 23.1 Å². The quantitative estimate of drug-likeness (QED) is 0.314. The average Bonchev–Trinajstić information content (AvgIpc) is 2.85. The van der Waals surface area contributed by atoms with Crippen LogP contribution in [0.1, 0.15) is 26.5 Å². The summed E-state index contributed by atoms with van der Waals surface area (Å²) in [7, 11) is 0. The van der Waals surface area contributed by atoms with Crippen LogP contribution in [0.25, 0.3) is 0 Å². The van der Waals surface area contributed by atoms with E-state index in [1.807, 2.05) is 6.07 Å². The van der Waals surface area contributed by atoms with Crippen molar-refractivity contribution in [3.63, 3.8) is 0 Å². The molecule has 1 amide bonds. The van der Waals surface area contributed by atoms with E-state index >= 15 is 0 Å². The summed E-state index contributed by atoms with van der Waals surface area (Å²) in [5.74, 6) is -0.163. The minimum absolute atomic E-state index is 0.00236. The molecule has 1 aromatic rings. The normalized spacial score (nSPS) is 14.9. The summed E-state index contributed by atoms with van der Waals surface area (Å²) in [5.41, 5.74) is 6.55. The number of carbonyl (C=O) groups excluding carboxylic acids is 1. The third-order valence-electron chi connectivity index (χ3n) is 2.53. The number of fused-ring (bicyclic) bond motifs is 1. The molecule has 0 spiro atoms. The average molecular weight is 239 g/mol. The van der Waals surface area contributed by atoms with E-state index in [9.17, 15) is 4.79 Å². The summed E-state index contributed by atoms with van der Waals surface area (Å²) in [6.45, 7) is 0.0674. The molecule has 16 heavy (non-hydrogen) atoms. The maximum Gasteiger partial charge on any atom is 0.261 e. The van der Waals surface area contributed by atoms with E-state index in [0.717, 1.165) is 12.8 Å². The van der Waals surface area contributed by atoms with Gasteiger partial charge in [0.25, 0.3) is 5.91 Å². The summed E-state index contributed by atoms with van der Waals surface area (Å²) in [5, 5.41) is 13.7. The van der Waals surface area contributed by atoms with Crippen molar-refractivity contribution in [1.82, 2.24) is 5.32 Å². The molecule has 0 saturated carbocycles. The SMILES string of the molecule is N/C(CNC(=O)c1cc2c(s1)CCC2)=N\O. The van der Waals surface area contributed by atoms with Crippen LogP contribution in [0.15, 0.2) is 11.2 Å². The van der Waals surface area contributed by atoms with Crippen molar-refractivity contribution in [2.45, 2.75) is 19.3 Å². The highest BCUT2D eigenvalue weighted by Gasteiger charge is 2.18. The fourth-order valence-electron chi connectivity index (χ4n) is 1.73. The number of carbonyl (C=O) groups is 1. The van der Waals surface area contributed by atoms with Gasteiger partial charge in [-0.05, 0) is 30.9 Å². The Kier molecular flexibility index (Phi) is 3.09. The number of rotatable bonds is 3. The zero-order valence-corrected chi connectivity index (χ0v) is 9.51. The Morgan fingerprint density at radius 1 is 1.62 bits per heavy atom. The molecule has 0 unspecified atom stereocenters. The number of amides is 1. The van der Waals surface area contributed by atoms with Gasteiger partial charge in [-0.2, -0.15) is 0 Å². The molecule has 1 aliphatic carbocycles. The van der Waals surface area contributed by atoms with Crippen molar-refractivity contribution in [1.29, 1.82) is 0 Å². The molecule has 1 aromatic heterocycles. The van der Waals surface area contributed by atoms with Crippen LogP contribution in [-0.2, 0) is 12.8 Å². The number of nitrogens with zero attached hydrogens (tertiary/aromatic N) is 1. The minimum atomic E-state index is -0.161. The van der Waals surface area contributed by atoms with Gasteiger partial charge in [0.15, 0.2) is 5.84 Å². The Labute approximate surface area is 97.0 Å². The maximum absolute atomic E-state index is 11.7. The van der Waals surface area contributed by atoms with Gasteiger partial charge in [-0.1, -0.05) is 5.16 Å². The highest BCUT2D eigenvalue weighted by Crippen LogP contribution is 2.30. The number of amidine groups is 1. The van der Waals surface area contributed by atoms with Crippen LogP contribution in [0.5, 0.6) is 0 Å². The lowest BCUT2D eigenvalue weighted by Gasteiger charge is -2.01. The van der Waals surface area contributed by atoms with Gasteiger partial charge in [-0.3, -0.25) is 4.79 Å². The second-order valence-corrected chi connectivity index (χ2v) is 4.82. The smallest absolute Gasteiger partial charge is 0.261 e. The second-order valence-electron chi connectivity index (χ2n) is 3.69. The second kappa shape index (κ2) is 4.52. The van der Waals surface area contributed by atoms with Gasteiger partial charge < -0.3 is 16.3 Å². The van der Waals surface area contributed by atoms with E-state index in [1.165, 1.54) is 28.2 Å². The zero-order valence-electron chi connectivity index (χ0n) is 8.69. The largest absolute Gasteiger partial charge is 0.409 e. The van der Waals surface area contributed by atoms with Gasteiger partial charge in [-0.25, -0.2) is 0 Å². The lowest BCUT2D eigenvalue weighted by atomic mass is 10.2. The van der Waals surface area contributed by atoms with E-state index < -0.39 is 0 Å². The molecule has 2 rings (SSSR count). The summed E-state index contributed by atoms with van der Waals surface area (Å²) >= 11 is 1.53. The molecule has 0 bridgehead atoms. The van der Waals surface area contributed by atoms with Gasteiger partial charge in [0.2, 0.25) is 0 Å². The highest BCUT2D eigenvalue weighted by molar-refractivity contribution is 7.14. The molecule has 0 radical (unpaired) electrons. The third kappa shape index (κ3) is 2.16. The van der Waals surface area contributed by atoms with E-state index in [1.54, 1.807) is 0 Å². The van der Waals surface area contributed by atoms with Crippen LogP contribution in [0.3, 0.4) is 0 Å². The molecule has 0 fully saturated rings. The standard InChI is InChI=1S/C10H13N3O2S/c11-9(13-15)5-12-10(14)8-4-6-2-1-3-7(6)16-8/h4,15H,1-3,5H2,(H2,11,13)(H,12,14). The Morgan fingerprint density at radius 2 is 2.44 bits per heavy atom. The van der Waals surface area contributed by atoms with Gasteiger partial charge in [-0.15, -0.1) is 11.3 Å². The summed E-state index contributed by atoms with van der Waals surface area (Å²) in [4.78, 5) is 13.7. The molecule has 86 valence electrons. The Bertz CT molecular complexity index is 418. The van der Waals surface area contributed by atoms with Crippen molar-refractivity contribution in [2.75, 3.05) is 6.54 Å². The number of nitrogens with two attached hydrogens (primary N) is 1. The van der Waals surface area contributed by atoms with Gasteiger partial charge in [0.1, 0.15) is 0 Å². The molecule has 4 N–H and O–H groups in total. The molecule has 1 aliphatic rings. The fraction of sp³-hybridized carbons (Fsp3) is 0.400. The molecular formula is C10H13N3O2S. The third-order valence-corrected chi connectivity index (χ3v) is 3.76. The first-order valence-corrected chi connectivity index (χ1v) is 5.88. The molecule has 1 heterocycles. The van der Waals surface area contributed by atoms with Crippen LogP contribution in [-0.4, -0.2) is 23.5 Å². The predicted octanol–water partition coefficient (Wildman–Crippen LogP) is 0.713. The number of oxime groups is 1. The van der Waals surface area contributed by atoms with E-state index in [4.69, 9.17) is 10.9 Å². The Balaban J connectivity index is 1.99. The van der Waals surface area contributed by atoms with E-state index in [0.29, 0.717) is 4.88 Å². The summed E-state index contributed by atoms with van der Waals surface area (Å²) in [6, 6.07) is 1.94. The van der Waals surface area contributed by atoms with Crippen LogP contribution < -0.4 is 11.1 Å². The lowest BCUT2D eigenvalue weighted by molar-refractivity contribution is 0.0963. The molecule has 6 heteroatoms. The molecule has 5 nitrogen and oxygen atoms in total.